The van der Waals surface area contributed by atoms with Gasteiger partial charge in [-0.1, -0.05) is 36.4 Å². The van der Waals surface area contributed by atoms with Crippen LogP contribution in [0.15, 0.2) is 60.8 Å². The average molecular weight is 292 g/mol. The first-order valence-electron chi connectivity index (χ1n) is 7.03. The van der Waals surface area contributed by atoms with Gasteiger partial charge in [-0.25, -0.2) is 0 Å². The number of carbonyl (C=O) groups is 1. The van der Waals surface area contributed by atoms with E-state index in [4.69, 9.17) is 4.74 Å². The van der Waals surface area contributed by atoms with Gasteiger partial charge in [-0.2, -0.15) is 0 Å². The van der Waals surface area contributed by atoms with Crippen LogP contribution in [0, 0.1) is 0 Å². The number of nitrogens with one attached hydrogen (secondary N) is 1. The second kappa shape index (κ2) is 6.26. The number of rotatable bonds is 4. The molecule has 3 rings (SSSR count). The van der Waals surface area contributed by atoms with Gasteiger partial charge in [0.05, 0.1) is 18.2 Å². The van der Waals surface area contributed by atoms with Crippen molar-refractivity contribution >= 4 is 16.8 Å². The molecule has 1 aromatic heterocycles. The number of fused-ring (bicyclic) bond motifs is 1. The maximum Gasteiger partial charge on any atom is 0.252 e. The number of nitrogens with zero attached hydrogens (tertiary/aromatic N) is 1. The molecule has 0 atom stereocenters. The Morgan fingerprint density at radius 1 is 1.09 bits per heavy atom. The van der Waals surface area contributed by atoms with E-state index in [1.54, 1.807) is 19.4 Å². The number of hydrogen-bond donors (Lipinski definition) is 1. The monoisotopic (exact) mass is 292 g/mol. The minimum Gasteiger partial charge on any atom is -0.496 e. The highest BCUT2D eigenvalue weighted by Gasteiger charge is 2.11. The number of hydrogen-bond acceptors (Lipinski definition) is 3. The highest BCUT2D eigenvalue weighted by atomic mass is 16.5. The third kappa shape index (κ3) is 2.76. The van der Waals surface area contributed by atoms with Crippen molar-refractivity contribution < 1.29 is 9.53 Å². The van der Waals surface area contributed by atoms with Crippen LogP contribution in [0.2, 0.25) is 0 Å². The van der Waals surface area contributed by atoms with Crippen molar-refractivity contribution in [3.63, 3.8) is 0 Å². The van der Waals surface area contributed by atoms with Crippen LogP contribution in [0.25, 0.3) is 10.9 Å². The van der Waals surface area contributed by atoms with E-state index >= 15 is 0 Å². The molecular weight excluding hydrogens is 276 g/mol. The normalized spacial score (nSPS) is 10.4. The van der Waals surface area contributed by atoms with Crippen LogP contribution in [0.4, 0.5) is 0 Å². The Hall–Kier alpha value is -2.88. The van der Waals surface area contributed by atoms with Crippen LogP contribution in [0.3, 0.4) is 0 Å². The molecule has 0 saturated heterocycles. The lowest BCUT2D eigenvalue weighted by Crippen LogP contribution is -2.23. The summed E-state index contributed by atoms with van der Waals surface area (Å²) >= 11 is 0. The van der Waals surface area contributed by atoms with E-state index in [0.29, 0.717) is 12.1 Å². The number of methoxy groups -OCH3 is 1. The van der Waals surface area contributed by atoms with Gasteiger partial charge in [0, 0.05) is 23.7 Å². The van der Waals surface area contributed by atoms with Crippen LogP contribution in [-0.4, -0.2) is 18.0 Å². The Morgan fingerprint density at radius 2 is 1.86 bits per heavy atom. The number of benzene rings is 2. The van der Waals surface area contributed by atoms with Gasteiger partial charge >= 0.3 is 0 Å². The first-order valence-corrected chi connectivity index (χ1v) is 7.03. The number of carbonyl (C=O) groups excluding carboxylic acids is 1. The van der Waals surface area contributed by atoms with Crippen molar-refractivity contribution in [2.45, 2.75) is 6.54 Å². The van der Waals surface area contributed by atoms with Crippen molar-refractivity contribution in [1.29, 1.82) is 0 Å². The molecule has 0 spiro atoms. The standard InChI is InChI=1S/C18H16N2O2/c1-22-17-9-5-2-6-13(17)12-20-18(21)15-10-11-19-16-8-4-3-7-14(15)16/h2-11H,12H2,1H3,(H,20,21). The highest BCUT2D eigenvalue weighted by molar-refractivity contribution is 6.05. The molecule has 0 fully saturated rings. The highest BCUT2D eigenvalue weighted by Crippen LogP contribution is 2.18. The maximum absolute atomic E-state index is 12.5. The van der Waals surface area contributed by atoms with E-state index in [9.17, 15) is 4.79 Å². The zero-order chi connectivity index (χ0) is 15.4. The van der Waals surface area contributed by atoms with Crippen molar-refractivity contribution in [1.82, 2.24) is 10.3 Å². The fraction of sp³-hybridized carbons (Fsp3) is 0.111. The second-order valence-corrected chi connectivity index (χ2v) is 4.87. The predicted molar refractivity (Wildman–Crippen MR) is 85.9 cm³/mol. The van der Waals surface area contributed by atoms with Crippen molar-refractivity contribution in [3.8, 4) is 5.75 Å². The SMILES string of the molecule is COc1ccccc1CNC(=O)c1ccnc2ccccc12. The minimum absolute atomic E-state index is 0.121. The Balaban J connectivity index is 1.82. The Bertz CT molecular complexity index is 810. The summed E-state index contributed by atoms with van der Waals surface area (Å²) in [4.78, 5) is 16.7. The smallest absolute Gasteiger partial charge is 0.252 e. The first-order chi connectivity index (χ1) is 10.8. The third-order valence-electron chi connectivity index (χ3n) is 3.53. The van der Waals surface area contributed by atoms with Gasteiger partial charge in [-0.3, -0.25) is 9.78 Å². The maximum atomic E-state index is 12.5. The van der Waals surface area contributed by atoms with Gasteiger partial charge < -0.3 is 10.1 Å². The zero-order valence-electron chi connectivity index (χ0n) is 12.2. The molecule has 0 unspecified atom stereocenters. The molecule has 4 heteroatoms. The van der Waals surface area contributed by atoms with Crippen LogP contribution in [0.5, 0.6) is 5.75 Å². The van der Waals surface area contributed by atoms with Crippen LogP contribution < -0.4 is 10.1 Å². The van der Waals surface area contributed by atoms with Gasteiger partial charge in [0.25, 0.3) is 5.91 Å². The number of ether oxygens (including phenoxy) is 1. The zero-order valence-corrected chi connectivity index (χ0v) is 12.2. The largest absolute Gasteiger partial charge is 0.496 e. The summed E-state index contributed by atoms with van der Waals surface area (Å²) in [7, 11) is 1.62. The Labute approximate surface area is 128 Å². The topological polar surface area (TPSA) is 51.2 Å². The molecule has 110 valence electrons. The predicted octanol–water partition coefficient (Wildman–Crippen LogP) is 3.17. The summed E-state index contributed by atoms with van der Waals surface area (Å²) in [6, 6.07) is 17.0. The molecule has 1 heterocycles. The summed E-state index contributed by atoms with van der Waals surface area (Å²) in [6.07, 6.45) is 1.65. The molecule has 0 aliphatic carbocycles. The average Bonchev–Trinajstić information content (AvgIpc) is 2.59. The lowest BCUT2D eigenvalue weighted by molar-refractivity contribution is 0.0952. The minimum atomic E-state index is -0.121. The molecule has 1 N–H and O–H groups in total. The van der Waals surface area contributed by atoms with Crippen LogP contribution in [0.1, 0.15) is 15.9 Å². The van der Waals surface area contributed by atoms with E-state index in [1.165, 1.54) is 0 Å². The number of amides is 1. The van der Waals surface area contributed by atoms with Gasteiger partial charge in [-0.15, -0.1) is 0 Å². The van der Waals surface area contributed by atoms with E-state index in [1.807, 2.05) is 48.5 Å². The van der Waals surface area contributed by atoms with E-state index in [-0.39, 0.29) is 5.91 Å². The quantitative estimate of drug-likeness (QED) is 0.803. The fourth-order valence-electron chi connectivity index (χ4n) is 2.41. The molecule has 3 aromatic rings. The summed E-state index contributed by atoms with van der Waals surface area (Å²) in [5, 5.41) is 3.78. The van der Waals surface area contributed by atoms with E-state index in [2.05, 4.69) is 10.3 Å². The van der Waals surface area contributed by atoms with Gasteiger partial charge in [0.2, 0.25) is 0 Å². The molecule has 1 amide bonds. The van der Waals surface area contributed by atoms with Crippen LogP contribution in [-0.2, 0) is 6.54 Å². The number of pyridine rings is 1. The fourth-order valence-corrected chi connectivity index (χ4v) is 2.41. The Kier molecular flexibility index (Phi) is 4.01. The number of aromatic nitrogens is 1. The van der Waals surface area contributed by atoms with Crippen molar-refractivity contribution in [2.24, 2.45) is 0 Å². The molecular formula is C18H16N2O2. The summed E-state index contributed by atoms with van der Waals surface area (Å²) in [5.41, 5.74) is 2.38. The molecule has 2 aromatic carbocycles. The summed E-state index contributed by atoms with van der Waals surface area (Å²) in [5.74, 6) is 0.645. The van der Waals surface area contributed by atoms with E-state index < -0.39 is 0 Å². The molecule has 22 heavy (non-hydrogen) atoms. The van der Waals surface area contributed by atoms with Crippen molar-refractivity contribution in [2.75, 3.05) is 7.11 Å². The molecule has 0 aliphatic rings. The van der Waals surface area contributed by atoms with E-state index in [0.717, 1.165) is 22.2 Å². The summed E-state index contributed by atoms with van der Waals surface area (Å²) in [6.45, 7) is 0.416. The second-order valence-electron chi connectivity index (χ2n) is 4.87. The van der Waals surface area contributed by atoms with Gasteiger partial charge in [-0.05, 0) is 18.2 Å². The summed E-state index contributed by atoms with van der Waals surface area (Å²) < 4.78 is 5.29. The van der Waals surface area contributed by atoms with Gasteiger partial charge in [0.15, 0.2) is 0 Å². The number of para-hydroxylation sites is 2. The van der Waals surface area contributed by atoms with Gasteiger partial charge in [0.1, 0.15) is 5.75 Å². The first kappa shape index (κ1) is 14.1. The molecule has 0 radical (unpaired) electrons. The van der Waals surface area contributed by atoms with Crippen molar-refractivity contribution in [3.05, 3.63) is 71.9 Å². The lowest BCUT2D eigenvalue weighted by atomic mass is 10.1. The van der Waals surface area contributed by atoms with Crippen LogP contribution >= 0.6 is 0 Å². The molecule has 0 aliphatic heterocycles. The Morgan fingerprint density at radius 3 is 2.73 bits per heavy atom. The lowest BCUT2D eigenvalue weighted by Gasteiger charge is -2.10. The molecule has 0 saturated carbocycles. The molecule has 4 nitrogen and oxygen atoms in total. The molecule has 0 bridgehead atoms. The third-order valence-corrected chi connectivity index (χ3v) is 3.53.